The number of carbonyl (C=O) groups is 2. The maximum absolute atomic E-state index is 11.5. The molecule has 2 amide bonds. The minimum atomic E-state index is -0.291. The van der Waals surface area contributed by atoms with Gasteiger partial charge in [-0.2, -0.15) is 0 Å². The van der Waals surface area contributed by atoms with Crippen molar-refractivity contribution in [1.29, 1.82) is 0 Å². The van der Waals surface area contributed by atoms with Gasteiger partial charge >= 0.3 is 0 Å². The third kappa shape index (κ3) is 6.38. The van der Waals surface area contributed by atoms with Gasteiger partial charge in [0.1, 0.15) is 13.2 Å². The second-order valence-corrected chi connectivity index (χ2v) is 4.00. The van der Waals surface area contributed by atoms with E-state index in [9.17, 15) is 9.59 Å². The van der Waals surface area contributed by atoms with Gasteiger partial charge in [-0.25, -0.2) is 0 Å². The summed E-state index contributed by atoms with van der Waals surface area (Å²) in [6.07, 6.45) is 1.57. The van der Waals surface area contributed by atoms with Gasteiger partial charge in [-0.3, -0.25) is 9.59 Å². The Morgan fingerprint density at radius 3 is 2.47 bits per heavy atom. The normalized spacial score (nSPS) is 9.74. The van der Waals surface area contributed by atoms with Crippen LogP contribution < -0.4 is 10.6 Å². The smallest absolute Gasteiger partial charge is 0.250 e. The molecule has 1 aromatic carbocycles. The third-order valence-corrected chi connectivity index (χ3v) is 2.25. The zero-order chi connectivity index (χ0) is 14.1. The number of anilines is 1. The molecule has 0 saturated carbocycles. The number of rotatable bonds is 7. The number of hydrogen-bond donors (Lipinski definition) is 2. The first-order valence-electron chi connectivity index (χ1n) is 5.93. The lowest BCUT2D eigenvalue weighted by Crippen LogP contribution is -2.29. The molecule has 19 heavy (non-hydrogen) atoms. The van der Waals surface area contributed by atoms with E-state index in [2.05, 4.69) is 17.2 Å². The second kappa shape index (κ2) is 8.05. The highest BCUT2D eigenvalue weighted by molar-refractivity contribution is 5.91. The first-order valence-corrected chi connectivity index (χ1v) is 5.93. The van der Waals surface area contributed by atoms with Crippen LogP contribution in [0.25, 0.3) is 0 Å². The molecule has 0 spiro atoms. The average molecular weight is 262 g/mol. The van der Waals surface area contributed by atoms with E-state index in [0.717, 1.165) is 5.56 Å². The molecule has 0 aliphatic heterocycles. The molecule has 1 rings (SSSR count). The van der Waals surface area contributed by atoms with Gasteiger partial charge in [0.25, 0.3) is 0 Å². The van der Waals surface area contributed by atoms with Crippen molar-refractivity contribution in [3.05, 3.63) is 42.5 Å². The van der Waals surface area contributed by atoms with E-state index in [-0.39, 0.29) is 25.0 Å². The van der Waals surface area contributed by atoms with E-state index in [0.29, 0.717) is 12.2 Å². The van der Waals surface area contributed by atoms with Crippen molar-refractivity contribution >= 4 is 17.5 Å². The first kappa shape index (κ1) is 14.9. The summed E-state index contributed by atoms with van der Waals surface area (Å²) in [5.74, 6) is -0.566. The molecule has 5 heteroatoms. The molecule has 0 aliphatic rings. The highest BCUT2D eigenvalue weighted by Gasteiger charge is 2.04. The zero-order valence-electron chi connectivity index (χ0n) is 10.9. The third-order valence-electron chi connectivity index (χ3n) is 2.25. The molecule has 0 saturated heterocycles. The number of aryl methyl sites for hydroxylation is 1. The molecule has 0 atom stereocenters. The molecule has 0 aliphatic carbocycles. The Kier molecular flexibility index (Phi) is 6.32. The van der Waals surface area contributed by atoms with E-state index in [1.165, 1.54) is 0 Å². The monoisotopic (exact) mass is 262 g/mol. The molecule has 0 aromatic heterocycles. The Morgan fingerprint density at radius 1 is 1.21 bits per heavy atom. The Balaban J connectivity index is 2.22. The van der Waals surface area contributed by atoms with Crippen LogP contribution >= 0.6 is 0 Å². The van der Waals surface area contributed by atoms with E-state index in [4.69, 9.17) is 4.74 Å². The number of benzene rings is 1. The van der Waals surface area contributed by atoms with Gasteiger partial charge in [-0.1, -0.05) is 23.8 Å². The maximum atomic E-state index is 11.5. The first-order chi connectivity index (χ1) is 9.11. The predicted octanol–water partition coefficient (Wildman–Crippen LogP) is 1.25. The van der Waals surface area contributed by atoms with E-state index in [1.807, 2.05) is 31.2 Å². The topological polar surface area (TPSA) is 67.4 Å². The summed E-state index contributed by atoms with van der Waals surface area (Å²) in [5, 5.41) is 5.22. The molecule has 0 fully saturated rings. The maximum Gasteiger partial charge on any atom is 0.250 e. The summed E-state index contributed by atoms with van der Waals surface area (Å²) < 4.78 is 4.99. The van der Waals surface area contributed by atoms with Gasteiger partial charge in [-0.05, 0) is 19.1 Å². The van der Waals surface area contributed by atoms with Crippen LogP contribution in [-0.4, -0.2) is 31.6 Å². The fourth-order valence-electron chi connectivity index (χ4n) is 1.31. The second-order valence-electron chi connectivity index (χ2n) is 4.00. The van der Waals surface area contributed by atoms with Crippen molar-refractivity contribution < 1.29 is 14.3 Å². The van der Waals surface area contributed by atoms with Gasteiger partial charge in [0.15, 0.2) is 0 Å². The number of nitrogens with one attached hydrogen (secondary N) is 2. The lowest BCUT2D eigenvalue weighted by Gasteiger charge is -2.06. The lowest BCUT2D eigenvalue weighted by molar-refractivity contribution is -0.128. The van der Waals surface area contributed by atoms with Gasteiger partial charge in [0, 0.05) is 12.2 Å². The average Bonchev–Trinajstić information content (AvgIpc) is 2.39. The molecule has 0 unspecified atom stereocenters. The number of carbonyl (C=O) groups excluding carboxylic acids is 2. The number of amides is 2. The van der Waals surface area contributed by atoms with Crippen molar-refractivity contribution in [3.63, 3.8) is 0 Å². The van der Waals surface area contributed by atoms with Gasteiger partial charge < -0.3 is 15.4 Å². The van der Waals surface area contributed by atoms with Crippen LogP contribution in [0.4, 0.5) is 5.69 Å². The summed E-state index contributed by atoms with van der Waals surface area (Å²) in [6.45, 7) is 5.53. The standard InChI is InChI=1S/C14H18N2O3/c1-3-8-15-13(17)9-19-10-14(18)16-12-6-4-11(2)5-7-12/h3-7H,1,8-10H2,2H3,(H,15,17)(H,16,18). The van der Waals surface area contributed by atoms with Crippen LogP contribution in [0, 0.1) is 6.92 Å². The van der Waals surface area contributed by atoms with Gasteiger partial charge in [-0.15, -0.1) is 6.58 Å². The minimum absolute atomic E-state index is 0.144. The van der Waals surface area contributed by atoms with Crippen LogP contribution in [-0.2, 0) is 14.3 Å². The summed E-state index contributed by atoms with van der Waals surface area (Å²) in [5.41, 5.74) is 1.82. The Bertz CT molecular complexity index is 441. The summed E-state index contributed by atoms with van der Waals surface area (Å²) >= 11 is 0. The highest BCUT2D eigenvalue weighted by Crippen LogP contribution is 2.08. The van der Waals surface area contributed by atoms with Crippen LogP contribution in [0.2, 0.25) is 0 Å². The Morgan fingerprint density at radius 2 is 1.84 bits per heavy atom. The Labute approximate surface area is 112 Å². The molecule has 5 nitrogen and oxygen atoms in total. The molecule has 1 aromatic rings. The minimum Gasteiger partial charge on any atom is -0.362 e. The lowest BCUT2D eigenvalue weighted by atomic mass is 10.2. The van der Waals surface area contributed by atoms with Crippen molar-refractivity contribution in [2.75, 3.05) is 25.1 Å². The van der Waals surface area contributed by atoms with Crippen LogP contribution in [0.5, 0.6) is 0 Å². The van der Waals surface area contributed by atoms with Crippen LogP contribution in [0.1, 0.15) is 5.56 Å². The van der Waals surface area contributed by atoms with E-state index >= 15 is 0 Å². The Hall–Kier alpha value is -2.14. The van der Waals surface area contributed by atoms with E-state index in [1.54, 1.807) is 6.08 Å². The predicted molar refractivity (Wildman–Crippen MR) is 73.8 cm³/mol. The summed E-state index contributed by atoms with van der Waals surface area (Å²) in [7, 11) is 0. The van der Waals surface area contributed by atoms with Crippen molar-refractivity contribution in [2.45, 2.75) is 6.92 Å². The van der Waals surface area contributed by atoms with Crippen LogP contribution in [0.3, 0.4) is 0 Å². The number of ether oxygens (including phenoxy) is 1. The summed E-state index contributed by atoms with van der Waals surface area (Å²) in [6, 6.07) is 7.42. The molecule has 0 radical (unpaired) electrons. The molecule has 0 bridgehead atoms. The van der Waals surface area contributed by atoms with Crippen molar-refractivity contribution in [3.8, 4) is 0 Å². The molecule has 2 N–H and O–H groups in total. The summed E-state index contributed by atoms with van der Waals surface area (Å²) in [4.78, 5) is 22.7. The molecular weight excluding hydrogens is 244 g/mol. The van der Waals surface area contributed by atoms with Crippen LogP contribution in [0.15, 0.2) is 36.9 Å². The van der Waals surface area contributed by atoms with E-state index < -0.39 is 0 Å². The fourth-order valence-corrected chi connectivity index (χ4v) is 1.31. The largest absolute Gasteiger partial charge is 0.362 e. The molecule has 0 heterocycles. The number of hydrogen-bond acceptors (Lipinski definition) is 3. The highest BCUT2D eigenvalue weighted by atomic mass is 16.5. The van der Waals surface area contributed by atoms with Gasteiger partial charge in [0.05, 0.1) is 0 Å². The van der Waals surface area contributed by atoms with Crippen molar-refractivity contribution in [2.24, 2.45) is 0 Å². The van der Waals surface area contributed by atoms with Gasteiger partial charge in [0.2, 0.25) is 11.8 Å². The quantitative estimate of drug-likeness (QED) is 0.727. The molecular formula is C14H18N2O3. The fraction of sp³-hybridized carbons (Fsp3) is 0.286. The zero-order valence-corrected chi connectivity index (χ0v) is 10.9. The van der Waals surface area contributed by atoms with Crippen molar-refractivity contribution in [1.82, 2.24) is 5.32 Å². The SMILES string of the molecule is C=CCNC(=O)COCC(=O)Nc1ccc(C)cc1. The molecule has 102 valence electrons.